The summed E-state index contributed by atoms with van der Waals surface area (Å²) in [6.45, 7) is 0. The third-order valence-electron chi connectivity index (χ3n) is 4.15. The van der Waals surface area contributed by atoms with Gasteiger partial charge in [-0.15, -0.1) is 0 Å². The molecule has 4 nitrogen and oxygen atoms in total. The molecule has 1 N–H and O–H groups in total. The zero-order valence-electron chi connectivity index (χ0n) is 13.1. The van der Waals surface area contributed by atoms with Crippen molar-refractivity contribution in [1.29, 1.82) is 0 Å². The van der Waals surface area contributed by atoms with Crippen LogP contribution in [0.4, 0.5) is 4.39 Å². The van der Waals surface area contributed by atoms with Crippen molar-refractivity contribution in [2.75, 3.05) is 14.2 Å². The highest BCUT2D eigenvalue weighted by Crippen LogP contribution is 2.46. The summed E-state index contributed by atoms with van der Waals surface area (Å²) in [5.41, 5.74) is 0.508. The van der Waals surface area contributed by atoms with Crippen molar-refractivity contribution in [3.05, 3.63) is 59.4 Å². The zero-order chi connectivity index (χ0) is 16.4. The molecule has 0 heterocycles. The number of nitrogens with one attached hydrogen (secondary N) is 1. The van der Waals surface area contributed by atoms with Gasteiger partial charge in [-0.3, -0.25) is 4.79 Å². The lowest BCUT2D eigenvalue weighted by molar-refractivity contribution is 0.0926. The first-order valence-corrected chi connectivity index (χ1v) is 7.39. The number of hydrogen-bond donors (Lipinski definition) is 1. The van der Waals surface area contributed by atoms with E-state index in [4.69, 9.17) is 9.47 Å². The molecule has 23 heavy (non-hydrogen) atoms. The molecule has 1 aliphatic rings. The standard InChI is InChI=1S/C18H18FNO3/c1-22-13-6-3-5-12(11-13)18(9-10-18)20-17(21)14-7-4-8-15(23-2)16(14)19/h3-8,11H,9-10H2,1-2H3,(H,20,21). The van der Waals surface area contributed by atoms with Crippen molar-refractivity contribution in [2.45, 2.75) is 18.4 Å². The van der Waals surface area contributed by atoms with Gasteiger partial charge in [-0.1, -0.05) is 18.2 Å². The summed E-state index contributed by atoms with van der Waals surface area (Å²) in [5, 5.41) is 2.95. The van der Waals surface area contributed by atoms with E-state index in [-0.39, 0.29) is 11.3 Å². The van der Waals surface area contributed by atoms with Crippen LogP contribution in [0.25, 0.3) is 0 Å². The number of benzene rings is 2. The van der Waals surface area contributed by atoms with E-state index < -0.39 is 17.3 Å². The summed E-state index contributed by atoms with van der Waals surface area (Å²) in [4.78, 5) is 12.5. The molecule has 1 aliphatic carbocycles. The number of hydrogen-bond acceptors (Lipinski definition) is 3. The van der Waals surface area contributed by atoms with Gasteiger partial charge in [0.25, 0.3) is 5.91 Å². The molecule has 2 aromatic carbocycles. The third-order valence-corrected chi connectivity index (χ3v) is 4.15. The fourth-order valence-electron chi connectivity index (χ4n) is 2.66. The van der Waals surface area contributed by atoms with Gasteiger partial charge in [0.2, 0.25) is 0 Å². The smallest absolute Gasteiger partial charge is 0.255 e. The average Bonchev–Trinajstić information content (AvgIpc) is 3.35. The van der Waals surface area contributed by atoms with Gasteiger partial charge in [0.15, 0.2) is 11.6 Å². The average molecular weight is 315 g/mol. The Morgan fingerprint density at radius 2 is 1.87 bits per heavy atom. The van der Waals surface area contributed by atoms with E-state index >= 15 is 0 Å². The van der Waals surface area contributed by atoms with Crippen LogP contribution in [0.2, 0.25) is 0 Å². The molecule has 0 atom stereocenters. The first-order valence-electron chi connectivity index (χ1n) is 7.39. The number of halogens is 1. The molecule has 120 valence electrons. The fourth-order valence-corrected chi connectivity index (χ4v) is 2.66. The van der Waals surface area contributed by atoms with Crippen LogP contribution in [0.5, 0.6) is 11.5 Å². The van der Waals surface area contributed by atoms with Crippen LogP contribution in [-0.2, 0) is 5.54 Å². The van der Waals surface area contributed by atoms with E-state index in [2.05, 4.69) is 5.32 Å². The van der Waals surface area contributed by atoms with Gasteiger partial charge < -0.3 is 14.8 Å². The first kappa shape index (κ1) is 15.3. The normalized spacial score (nSPS) is 14.9. The molecule has 0 bridgehead atoms. The van der Waals surface area contributed by atoms with Gasteiger partial charge in [0.1, 0.15) is 5.75 Å². The van der Waals surface area contributed by atoms with Crippen molar-refractivity contribution in [3.63, 3.8) is 0 Å². The molecule has 0 saturated heterocycles. The maximum atomic E-state index is 14.2. The van der Waals surface area contributed by atoms with Crippen molar-refractivity contribution in [1.82, 2.24) is 5.32 Å². The minimum Gasteiger partial charge on any atom is -0.497 e. The van der Waals surface area contributed by atoms with Crippen LogP contribution in [0, 0.1) is 5.82 Å². The van der Waals surface area contributed by atoms with E-state index in [9.17, 15) is 9.18 Å². The number of carbonyl (C=O) groups excluding carboxylic acids is 1. The molecule has 0 unspecified atom stereocenters. The lowest BCUT2D eigenvalue weighted by Gasteiger charge is -2.19. The predicted octanol–water partition coefficient (Wildman–Crippen LogP) is 3.26. The van der Waals surface area contributed by atoms with Gasteiger partial charge in [-0.05, 0) is 42.7 Å². The molecule has 2 aromatic rings. The lowest BCUT2D eigenvalue weighted by Crippen LogP contribution is -2.35. The highest BCUT2D eigenvalue weighted by atomic mass is 19.1. The molecule has 0 radical (unpaired) electrons. The number of amides is 1. The molecule has 1 amide bonds. The molecule has 1 fully saturated rings. The zero-order valence-corrected chi connectivity index (χ0v) is 13.1. The van der Waals surface area contributed by atoms with Crippen LogP contribution < -0.4 is 14.8 Å². The van der Waals surface area contributed by atoms with E-state index in [0.29, 0.717) is 0 Å². The summed E-state index contributed by atoms with van der Waals surface area (Å²) in [5.74, 6) is -0.296. The third kappa shape index (κ3) is 2.86. The molecule has 3 rings (SSSR count). The van der Waals surface area contributed by atoms with E-state index in [1.54, 1.807) is 13.2 Å². The SMILES string of the molecule is COc1cccc(C2(NC(=O)c3cccc(OC)c3F)CC2)c1. The van der Waals surface area contributed by atoms with Crippen molar-refractivity contribution in [2.24, 2.45) is 0 Å². The second-order valence-electron chi connectivity index (χ2n) is 5.59. The fraction of sp³-hybridized carbons (Fsp3) is 0.278. The van der Waals surface area contributed by atoms with Crippen LogP contribution in [0.1, 0.15) is 28.8 Å². The second kappa shape index (κ2) is 5.91. The van der Waals surface area contributed by atoms with Crippen LogP contribution >= 0.6 is 0 Å². The number of ether oxygens (including phenoxy) is 2. The van der Waals surface area contributed by atoms with Gasteiger partial charge in [-0.2, -0.15) is 0 Å². The summed E-state index contributed by atoms with van der Waals surface area (Å²) in [7, 11) is 2.97. The maximum Gasteiger partial charge on any atom is 0.255 e. The van der Waals surface area contributed by atoms with Crippen LogP contribution in [0.3, 0.4) is 0 Å². The van der Waals surface area contributed by atoms with E-state index in [1.165, 1.54) is 19.2 Å². The Labute approximate surface area is 134 Å². The van der Waals surface area contributed by atoms with Gasteiger partial charge in [-0.25, -0.2) is 4.39 Å². The summed E-state index contributed by atoms with van der Waals surface area (Å²) < 4.78 is 24.4. The van der Waals surface area contributed by atoms with Crippen molar-refractivity contribution >= 4 is 5.91 Å². The maximum absolute atomic E-state index is 14.2. The highest BCUT2D eigenvalue weighted by molar-refractivity contribution is 5.95. The molecular formula is C18H18FNO3. The highest BCUT2D eigenvalue weighted by Gasteiger charge is 2.46. The number of rotatable bonds is 5. The van der Waals surface area contributed by atoms with E-state index in [1.807, 2.05) is 24.3 Å². The van der Waals surface area contributed by atoms with Gasteiger partial charge in [0, 0.05) is 0 Å². The first-order chi connectivity index (χ1) is 11.1. The van der Waals surface area contributed by atoms with Crippen molar-refractivity contribution in [3.8, 4) is 11.5 Å². The molecule has 0 aliphatic heterocycles. The topological polar surface area (TPSA) is 47.6 Å². The minimum absolute atomic E-state index is 0.0153. The molecule has 5 heteroatoms. The van der Waals surface area contributed by atoms with Crippen LogP contribution in [-0.4, -0.2) is 20.1 Å². The van der Waals surface area contributed by atoms with Crippen molar-refractivity contribution < 1.29 is 18.7 Å². The summed E-state index contributed by atoms with van der Waals surface area (Å²) in [6, 6.07) is 12.1. The van der Waals surface area contributed by atoms with Crippen LogP contribution in [0.15, 0.2) is 42.5 Å². The Kier molecular flexibility index (Phi) is 3.94. The minimum atomic E-state index is -0.644. The monoisotopic (exact) mass is 315 g/mol. The Morgan fingerprint density at radius 1 is 1.13 bits per heavy atom. The molecule has 0 aromatic heterocycles. The Bertz CT molecular complexity index is 741. The predicted molar refractivity (Wildman–Crippen MR) is 84.3 cm³/mol. The Morgan fingerprint density at radius 3 is 2.52 bits per heavy atom. The summed E-state index contributed by atoms with van der Waals surface area (Å²) in [6.07, 6.45) is 1.63. The molecule has 0 spiro atoms. The summed E-state index contributed by atoms with van der Waals surface area (Å²) >= 11 is 0. The molecular weight excluding hydrogens is 297 g/mol. The quantitative estimate of drug-likeness (QED) is 0.921. The van der Waals surface area contributed by atoms with E-state index in [0.717, 1.165) is 24.2 Å². The Hall–Kier alpha value is -2.56. The number of methoxy groups -OCH3 is 2. The van der Waals surface area contributed by atoms with Gasteiger partial charge in [0.05, 0.1) is 25.3 Å². The van der Waals surface area contributed by atoms with Gasteiger partial charge >= 0.3 is 0 Å². The largest absolute Gasteiger partial charge is 0.497 e. The Balaban J connectivity index is 1.85. The number of carbonyl (C=O) groups is 1. The lowest BCUT2D eigenvalue weighted by atomic mass is 10.0. The molecule has 1 saturated carbocycles. The second-order valence-corrected chi connectivity index (χ2v) is 5.59.